The van der Waals surface area contributed by atoms with Crippen LogP contribution in [0.3, 0.4) is 0 Å². The number of urea groups is 1. The molecule has 2 N–H and O–H groups in total. The number of amides is 4. The number of rotatable bonds is 5. The van der Waals surface area contributed by atoms with Crippen molar-refractivity contribution in [1.82, 2.24) is 9.80 Å². The number of nitrogens with zero attached hydrogens (tertiary/aromatic N) is 3. The number of carbonyl (C=O) groups is 3. The van der Waals surface area contributed by atoms with Crippen LogP contribution >= 0.6 is 0 Å². The molecule has 7 nitrogen and oxygen atoms in total. The first-order chi connectivity index (χ1) is 12.8. The first-order valence-electron chi connectivity index (χ1n) is 9.53. The normalized spacial score (nSPS) is 26.5. The zero-order chi connectivity index (χ0) is 19.4. The van der Waals surface area contributed by atoms with E-state index in [2.05, 4.69) is 19.0 Å². The van der Waals surface area contributed by atoms with Crippen molar-refractivity contribution < 1.29 is 14.4 Å². The summed E-state index contributed by atoms with van der Waals surface area (Å²) >= 11 is 0. The molecule has 27 heavy (non-hydrogen) atoms. The number of carbonyl (C=O) groups excluding carboxylic acids is 3. The summed E-state index contributed by atoms with van der Waals surface area (Å²) in [5, 5.41) is 0. The molecule has 0 bridgehead atoms. The fourth-order valence-electron chi connectivity index (χ4n) is 4.70. The molecule has 1 atom stereocenters. The first kappa shape index (κ1) is 18.0. The summed E-state index contributed by atoms with van der Waals surface area (Å²) in [4.78, 5) is 42.9. The number of imide groups is 1. The number of anilines is 1. The van der Waals surface area contributed by atoms with E-state index in [9.17, 15) is 14.4 Å². The SMILES string of the molecule is CN(C)CC1(c2ccc(N3C(=O)N4CCCC[C@]4(C(N)=O)C3=O)cc2)CC1. The van der Waals surface area contributed by atoms with Crippen LogP contribution in [0.15, 0.2) is 24.3 Å². The quantitative estimate of drug-likeness (QED) is 0.628. The van der Waals surface area contributed by atoms with Crippen LogP contribution in [0.4, 0.5) is 10.5 Å². The van der Waals surface area contributed by atoms with Crippen LogP contribution in [-0.2, 0) is 15.0 Å². The molecule has 0 unspecified atom stereocenters. The fourth-order valence-corrected chi connectivity index (χ4v) is 4.70. The highest BCUT2D eigenvalue weighted by molar-refractivity contribution is 6.30. The number of primary amides is 1. The summed E-state index contributed by atoms with van der Waals surface area (Å²) in [6, 6.07) is 7.18. The highest BCUT2D eigenvalue weighted by Crippen LogP contribution is 2.49. The lowest BCUT2D eigenvalue weighted by Crippen LogP contribution is -2.60. The molecule has 7 heteroatoms. The Bertz CT molecular complexity index is 800. The summed E-state index contributed by atoms with van der Waals surface area (Å²) in [5.74, 6) is -1.25. The first-order valence-corrected chi connectivity index (χ1v) is 9.53. The smallest absolute Gasteiger partial charge is 0.332 e. The molecule has 4 rings (SSSR count). The Labute approximate surface area is 159 Å². The molecule has 3 fully saturated rings. The van der Waals surface area contributed by atoms with Crippen molar-refractivity contribution >= 4 is 23.5 Å². The summed E-state index contributed by atoms with van der Waals surface area (Å²) in [5.41, 5.74) is 5.97. The largest absolute Gasteiger partial charge is 0.367 e. The van der Waals surface area contributed by atoms with Crippen LogP contribution < -0.4 is 10.6 Å². The third-order valence-electron chi connectivity index (χ3n) is 6.23. The predicted octanol–water partition coefficient (Wildman–Crippen LogP) is 1.46. The monoisotopic (exact) mass is 370 g/mol. The second kappa shape index (κ2) is 6.05. The Hall–Kier alpha value is -2.41. The molecular weight excluding hydrogens is 344 g/mol. The molecule has 1 aliphatic carbocycles. The van der Waals surface area contributed by atoms with Gasteiger partial charge in [-0.3, -0.25) is 9.59 Å². The second-order valence-electron chi connectivity index (χ2n) is 8.32. The van der Waals surface area contributed by atoms with Crippen LogP contribution in [0.5, 0.6) is 0 Å². The lowest BCUT2D eigenvalue weighted by Gasteiger charge is -2.35. The maximum atomic E-state index is 13.1. The topological polar surface area (TPSA) is 86.9 Å². The lowest BCUT2D eigenvalue weighted by atomic mass is 9.86. The van der Waals surface area contributed by atoms with Gasteiger partial charge in [0.15, 0.2) is 0 Å². The second-order valence-corrected chi connectivity index (χ2v) is 8.32. The van der Waals surface area contributed by atoms with Gasteiger partial charge >= 0.3 is 6.03 Å². The summed E-state index contributed by atoms with van der Waals surface area (Å²) < 4.78 is 0. The van der Waals surface area contributed by atoms with Gasteiger partial charge in [-0.05, 0) is 63.9 Å². The van der Waals surface area contributed by atoms with E-state index in [0.717, 1.165) is 30.7 Å². The average molecular weight is 370 g/mol. The summed E-state index contributed by atoms with van der Waals surface area (Å²) in [6.07, 6.45) is 4.06. The number of piperidine rings is 1. The molecule has 1 aromatic carbocycles. The van der Waals surface area contributed by atoms with E-state index in [0.29, 0.717) is 25.1 Å². The van der Waals surface area contributed by atoms with E-state index in [4.69, 9.17) is 5.73 Å². The zero-order valence-electron chi connectivity index (χ0n) is 15.9. The van der Waals surface area contributed by atoms with E-state index in [1.165, 1.54) is 10.5 Å². The number of likely N-dealkylation sites (N-methyl/N-ethyl adjacent to an activating group) is 1. The maximum absolute atomic E-state index is 13.1. The molecule has 144 valence electrons. The number of nitrogens with two attached hydrogens (primary N) is 1. The van der Waals surface area contributed by atoms with Crippen molar-refractivity contribution in [2.75, 3.05) is 32.1 Å². The minimum Gasteiger partial charge on any atom is -0.367 e. The Morgan fingerprint density at radius 2 is 1.78 bits per heavy atom. The Balaban J connectivity index is 1.65. The van der Waals surface area contributed by atoms with E-state index in [-0.39, 0.29) is 5.41 Å². The van der Waals surface area contributed by atoms with Crippen LogP contribution in [0, 0.1) is 0 Å². The predicted molar refractivity (Wildman–Crippen MR) is 101 cm³/mol. The van der Waals surface area contributed by atoms with Crippen LogP contribution in [0.2, 0.25) is 0 Å². The molecule has 1 aromatic rings. The van der Waals surface area contributed by atoms with Crippen molar-refractivity contribution in [3.05, 3.63) is 29.8 Å². The van der Waals surface area contributed by atoms with Crippen LogP contribution in [-0.4, -0.2) is 60.4 Å². The van der Waals surface area contributed by atoms with Crippen molar-refractivity contribution in [3.8, 4) is 0 Å². The van der Waals surface area contributed by atoms with Crippen molar-refractivity contribution in [3.63, 3.8) is 0 Å². The fraction of sp³-hybridized carbons (Fsp3) is 0.550. The van der Waals surface area contributed by atoms with E-state index in [1.54, 1.807) is 0 Å². The van der Waals surface area contributed by atoms with Crippen LogP contribution in [0.25, 0.3) is 0 Å². The van der Waals surface area contributed by atoms with Gasteiger partial charge in [-0.15, -0.1) is 0 Å². The third-order valence-corrected chi connectivity index (χ3v) is 6.23. The molecule has 2 heterocycles. The van der Waals surface area contributed by atoms with Gasteiger partial charge in [0.05, 0.1) is 5.69 Å². The highest BCUT2D eigenvalue weighted by atomic mass is 16.2. The Morgan fingerprint density at radius 1 is 1.11 bits per heavy atom. The number of hydrogen-bond acceptors (Lipinski definition) is 4. The maximum Gasteiger partial charge on any atom is 0.332 e. The van der Waals surface area contributed by atoms with E-state index >= 15 is 0 Å². The zero-order valence-corrected chi connectivity index (χ0v) is 15.9. The number of fused-ring (bicyclic) bond motifs is 1. The Kier molecular flexibility index (Phi) is 4.03. The highest BCUT2D eigenvalue weighted by Gasteiger charge is 2.62. The van der Waals surface area contributed by atoms with E-state index < -0.39 is 23.4 Å². The van der Waals surface area contributed by atoms with Crippen molar-refractivity contribution in [2.45, 2.75) is 43.1 Å². The number of hydrogen-bond donors (Lipinski definition) is 1. The minimum absolute atomic E-state index is 0.174. The van der Waals surface area contributed by atoms with Gasteiger partial charge in [0.1, 0.15) is 0 Å². The third kappa shape index (κ3) is 2.56. The van der Waals surface area contributed by atoms with Gasteiger partial charge in [0, 0.05) is 18.5 Å². The molecule has 3 aliphatic rings. The van der Waals surface area contributed by atoms with Gasteiger partial charge in [-0.1, -0.05) is 12.1 Å². The van der Waals surface area contributed by atoms with Gasteiger partial charge in [0.2, 0.25) is 5.54 Å². The van der Waals surface area contributed by atoms with Crippen molar-refractivity contribution in [1.29, 1.82) is 0 Å². The summed E-state index contributed by atoms with van der Waals surface area (Å²) in [6.45, 7) is 1.36. The van der Waals surface area contributed by atoms with Crippen LogP contribution in [0.1, 0.15) is 37.7 Å². The minimum atomic E-state index is -1.52. The van der Waals surface area contributed by atoms with E-state index in [1.807, 2.05) is 24.3 Å². The number of benzene rings is 1. The molecule has 2 saturated heterocycles. The Morgan fingerprint density at radius 3 is 2.30 bits per heavy atom. The lowest BCUT2D eigenvalue weighted by molar-refractivity contribution is -0.139. The van der Waals surface area contributed by atoms with Gasteiger partial charge < -0.3 is 15.5 Å². The molecule has 1 saturated carbocycles. The van der Waals surface area contributed by atoms with Crippen molar-refractivity contribution in [2.24, 2.45) is 5.73 Å². The molecule has 2 aliphatic heterocycles. The van der Waals surface area contributed by atoms with Gasteiger partial charge in [0.25, 0.3) is 11.8 Å². The molecule has 0 radical (unpaired) electrons. The molecule has 0 aromatic heterocycles. The summed E-state index contributed by atoms with van der Waals surface area (Å²) in [7, 11) is 4.13. The van der Waals surface area contributed by atoms with Gasteiger partial charge in [-0.25, -0.2) is 9.69 Å². The van der Waals surface area contributed by atoms with Gasteiger partial charge in [-0.2, -0.15) is 0 Å². The molecular formula is C20H26N4O3. The molecule has 0 spiro atoms. The molecule has 4 amide bonds. The average Bonchev–Trinajstić information content (AvgIpc) is 3.37. The standard InChI is InChI=1S/C20H26N4O3/c1-22(2)13-19(10-11-19)14-5-7-15(8-6-14)24-17(26)20(16(21)25)9-3-4-12-23(20)18(24)27/h5-8H,3-4,9-13H2,1-2H3,(H2,21,25)/t20-/m0/s1.